The molecule has 0 bridgehead atoms. The number of methoxy groups -OCH3 is 1. The molecule has 12 heavy (non-hydrogen) atoms. The van der Waals surface area contributed by atoms with Crippen molar-refractivity contribution in [3.63, 3.8) is 0 Å². The van der Waals surface area contributed by atoms with Gasteiger partial charge in [-0.05, 0) is 5.56 Å². The first-order chi connectivity index (χ1) is 7.08. The number of ether oxygens (including phenoxy) is 2. The highest BCUT2D eigenvalue weighted by molar-refractivity contribution is 5.13. The molecular formula is C10H14O2. The van der Waals surface area contributed by atoms with Crippen LogP contribution in [0.15, 0.2) is 30.3 Å². The molecule has 0 saturated heterocycles. The summed E-state index contributed by atoms with van der Waals surface area (Å²) in [4.78, 5) is 0. The number of hydrogen-bond acceptors (Lipinski definition) is 2. The summed E-state index contributed by atoms with van der Waals surface area (Å²) in [6.07, 6.45) is 0. The van der Waals surface area contributed by atoms with Gasteiger partial charge in [-0.25, -0.2) is 0 Å². The zero-order valence-electron chi connectivity index (χ0n) is 9.82. The minimum absolute atomic E-state index is 0.0866. The monoisotopic (exact) mass is 169 g/mol. The number of hydrogen-bond donors (Lipinski definition) is 0. The molecule has 0 aliphatic rings. The first-order valence-corrected chi connectivity index (χ1v) is 3.83. The quantitative estimate of drug-likeness (QED) is 0.626. The normalized spacial score (nSPS) is 14.8. The van der Waals surface area contributed by atoms with Gasteiger partial charge in [0.2, 0.25) is 0 Å². The van der Waals surface area contributed by atoms with Crippen LogP contribution in [-0.2, 0) is 16.1 Å². The SMILES string of the molecule is [2H]C([2H])([2H])OCCOCc1ccccc1. The van der Waals surface area contributed by atoms with E-state index in [1.165, 1.54) is 0 Å². The smallest absolute Gasteiger partial charge is 0.0718 e. The summed E-state index contributed by atoms with van der Waals surface area (Å²) < 4.78 is 30.1. The summed E-state index contributed by atoms with van der Waals surface area (Å²) in [5.74, 6) is 0. The summed E-state index contributed by atoms with van der Waals surface area (Å²) in [5.41, 5.74) is 1.06. The highest BCUT2D eigenvalue weighted by Crippen LogP contribution is 1.99. The van der Waals surface area contributed by atoms with Crippen LogP contribution in [0.25, 0.3) is 0 Å². The van der Waals surface area contributed by atoms with Gasteiger partial charge in [-0.2, -0.15) is 0 Å². The minimum atomic E-state index is -2.32. The maximum atomic E-state index is 6.79. The molecule has 0 N–H and O–H groups in total. The van der Waals surface area contributed by atoms with Crippen molar-refractivity contribution in [1.82, 2.24) is 0 Å². The lowest BCUT2D eigenvalue weighted by atomic mass is 10.2. The predicted octanol–water partition coefficient (Wildman–Crippen LogP) is 1.85. The van der Waals surface area contributed by atoms with Crippen LogP contribution in [0.5, 0.6) is 0 Å². The van der Waals surface area contributed by atoms with Gasteiger partial charge in [-0.1, -0.05) is 30.3 Å². The van der Waals surface area contributed by atoms with E-state index in [1.54, 1.807) is 0 Å². The summed E-state index contributed by atoms with van der Waals surface area (Å²) >= 11 is 0. The molecule has 1 rings (SSSR count). The lowest BCUT2D eigenvalue weighted by Crippen LogP contribution is -2.01. The van der Waals surface area contributed by atoms with Crippen molar-refractivity contribution in [3.05, 3.63) is 35.9 Å². The Morgan fingerprint density at radius 2 is 2.08 bits per heavy atom. The van der Waals surface area contributed by atoms with Crippen LogP contribution >= 0.6 is 0 Å². The summed E-state index contributed by atoms with van der Waals surface area (Å²) in [6, 6.07) is 9.69. The second-order valence-electron chi connectivity index (χ2n) is 2.39. The number of benzene rings is 1. The first-order valence-electron chi connectivity index (χ1n) is 5.33. The van der Waals surface area contributed by atoms with E-state index in [0.717, 1.165) is 5.56 Å². The molecule has 0 heterocycles. The second kappa shape index (κ2) is 5.75. The molecule has 0 spiro atoms. The summed E-state index contributed by atoms with van der Waals surface area (Å²) in [5, 5.41) is 0. The lowest BCUT2D eigenvalue weighted by Gasteiger charge is -2.02. The molecule has 66 valence electrons. The van der Waals surface area contributed by atoms with E-state index in [1.807, 2.05) is 30.3 Å². The van der Waals surface area contributed by atoms with Crippen LogP contribution in [0.2, 0.25) is 0 Å². The highest BCUT2D eigenvalue weighted by atomic mass is 16.5. The lowest BCUT2D eigenvalue weighted by molar-refractivity contribution is 0.0616. The van der Waals surface area contributed by atoms with Gasteiger partial charge in [0.05, 0.1) is 23.9 Å². The minimum Gasteiger partial charge on any atom is -0.382 e. The fraction of sp³-hybridized carbons (Fsp3) is 0.400. The maximum Gasteiger partial charge on any atom is 0.0718 e. The van der Waals surface area contributed by atoms with Gasteiger partial charge in [0.25, 0.3) is 0 Å². The molecule has 0 unspecified atom stereocenters. The van der Waals surface area contributed by atoms with E-state index in [9.17, 15) is 0 Å². The van der Waals surface area contributed by atoms with Crippen molar-refractivity contribution in [2.45, 2.75) is 6.61 Å². The van der Waals surface area contributed by atoms with Crippen LogP contribution < -0.4 is 0 Å². The fourth-order valence-electron chi connectivity index (χ4n) is 0.865. The summed E-state index contributed by atoms with van der Waals surface area (Å²) in [7, 11) is -2.32. The van der Waals surface area contributed by atoms with Gasteiger partial charge in [-0.3, -0.25) is 0 Å². The Balaban J connectivity index is 2.08. The van der Waals surface area contributed by atoms with Crippen LogP contribution in [0, 0.1) is 0 Å². The third kappa shape index (κ3) is 3.51. The van der Waals surface area contributed by atoms with Crippen LogP contribution in [0.4, 0.5) is 0 Å². The molecule has 1 aromatic carbocycles. The molecule has 2 heteroatoms. The zero-order chi connectivity index (χ0) is 11.1. The van der Waals surface area contributed by atoms with E-state index in [2.05, 4.69) is 4.74 Å². The van der Waals surface area contributed by atoms with E-state index in [-0.39, 0.29) is 13.2 Å². The molecule has 0 aromatic heterocycles. The Hall–Kier alpha value is -0.860. The Morgan fingerprint density at radius 3 is 2.83 bits per heavy atom. The Morgan fingerprint density at radius 1 is 1.25 bits per heavy atom. The Labute approximate surface area is 77.3 Å². The standard InChI is InChI=1S/C10H14O2/c1-11-7-8-12-9-10-5-3-2-4-6-10/h2-6H,7-9H2,1H3/i1D3. The van der Waals surface area contributed by atoms with Crippen molar-refractivity contribution >= 4 is 0 Å². The molecule has 1 aromatic rings. The molecule has 0 aliphatic heterocycles. The van der Waals surface area contributed by atoms with Crippen molar-refractivity contribution in [3.8, 4) is 0 Å². The van der Waals surface area contributed by atoms with Gasteiger partial charge in [0.1, 0.15) is 0 Å². The Bertz CT molecular complexity index is 272. The van der Waals surface area contributed by atoms with Crippen LogP contribution in [0.1, 0.15) is 9.68 Å². The Kier molecular flexibility index (Phi) is 2.74. The van der Waals surface area contributed by atoms with Gasteiger partial charge in [0.15, 0.2) is 0 Å². The molecule has 0 amide bonds. The molecule has 2 nitrogen and oxygen atoms in total. The predicted molar refractivity (Wildman–Crippen MR) is 48.0 cm³/mol. The fourth-order valence-corrected chi connectivity index (χ4v) is 0.865. The van der Waals surface area contributed by atoms with Crippen molar-refractivity contribution < 1.29 is 13.6 Å². The largest absolute Gasteiger partial charge is 0.382 e. The van der Waals surface area contributed by atoms with Crippen molar-refractivity contribution in [2.24, 2.45) is 0 Å². The van der Waals surface area contributed by atoms with Gasteiger partial charge < -0.3 is 9.47 Å². The van der Waals surface area contributed by atoms with Crippen LogP contribution in [-0.4, -0.2) is 20.3 Å². The average molecular weight is 169 g/mol. The van der Waals surface area contributed by atoms with Crippen molar-refractivity contribution in [2.75, 3.05) is 20.3 Å². The van der Waals surface area contributed by atoms with E-state index in [0.29, 0.717) is 6.61 Å². The number of rotatable bonds is 5. The van der Waals surface area contributed by atoms with Crippen LogP contribution in [0.3, 0.4) is 0 Å². The molecule has 0 aliphatic carbocycles. The topological polar surface area (TPSA) is 18.5 Å². The third-order valence-corrected chi connectivity index (χ3v) is 1.44. The summed E-state index contributed by atoms with van der Waals surface area (Å²) in [6.45, 7) is 0.849. The highest BCUT2D eigenvalue weighted by Gasteiger charge is 1.89. The van der Waals surface area contributed by atoms with Gasteiger partial charge in [-0.15, -0.1) is 0 Å². The van der Waals surface area contributed by atoms with E-state index < -0.39 is 7.04 Å². The molecule has 0 saturated carbocycles. The molecule has 0 fully saturated rings. The third-order valence-electron chi connectivity index (χ3n) is 1.44. The zero-order valence-corrected chi connectivity index (χ0v) is 6.82. The van der Waals surface area contributed by atoms with Gasteiger partial charge >= 0.3 is 0 Å². The van der Waals surface area contributed by atoms with Crippen molar-refractivity contribution in [1.29, 1.82) is 0 Å². The first kappa shape index (κ1) is 5.73. The van der Waals surface area contributed by atoms with E-state index in [4.69, 9.17) is 8.85 Å². The molecule has 0 atom stereocenters. The average Bonchev–Trinajstić information content (AvgIpc) is 2.17. The molecule has 0 radical (unpaired) electrons. The van der Waals surface area contributed by atoms with Gasteiger partial charge in [0, 0.05) is 7.04 Å². The molecular weight excluding hydrogens is 152 g/mol. The maximum absolute atomic E-state index is 6.79. The van der Waals surface area contributed by atoms with E-state index >= 15 is 0 Å². The second-order valence-corrected chi connectivity index (χ2v) is 2.39.